The van der Waals surface area contributed by atoms with Crippen LogP contribution in [0.1, 0.15) is 12.5 Å². The van der Waals surface area contributed by atoms with E-state index in [9.17, 15) is 0 Å². The third-order valence-electron chi connectivity index (χ3n) is 4.31. The van der Waals surface area contributed by atoms with Crippen molar-refractivity contribution in [2.75, 3.05) is 37.8 Å². The molecular formula is C22H27N5. The third-order valence-corrected chi connectivity index (χ3v) is 4.31. The summed E-state index contributed by atoms with van der Waals surface area (Å²) in [5, 5.41) is 6.81. The van der Waals surface area contributed by atoms with Gasteiger partial charge in [0.2, 0.25) is 5.95 Å². The molecule has 0 amide bonds. The zero-order valence-electron chi connectivity index (χ0n) is 16.2. The largest absolute Gasteiger partial charge is 0.369 e. The minimum atomic E-state index is 0.601. The first-order valence-electron chi connectivity index (χ1n) is 9.33. The van der Waals surface area contributed by atoms with Crippen LogP contribution < -0.4 is 10.6 Å². The number of nitrogens with zero attached hydrogens (tertiary/aromatic N) is 3. The quantitative estimate of drug-likeness (QED) is 0.622. The minimum absolute atomic E-state index is 0.601. The van der Waals surface area contributed by atoms with Crippen molar-refractivity contribution in [3.05, 3.63) is 66.2 Å². The number of hydrogen-bond acceptors (Lipinski definition) is 5. The third kappa shape index (κ3) is 5.28. The highest BCUT2D eigenvalue weighted by Gasteiger charge is 2.09. The van der Waals surface area contributed by atoms with Crippen LogP contribution in [0, 0.1) is 0 Å². The molecule has 0 saturated heterocycles. The molecule has 0 fully saturated rings. The van der Waals surface area contributed by atoms with E-state index >= 15 is 0 Å². The topological polar surface area (TPSA) is 53.1 Å². The molecule has 0 aliphatic carbocycles. The molecule has 0 unspecified atom stereocenters. The molecule has 0 aliphatic heterocycles. The summed E-state index contributed by atoms with van der Waals surface area (Å²) >= 11 is 0. The zero-order chi connectivity index (χ0) is 19.1. The van der Waals surface area contributed by atoms with Gasteiger partial charge in [0, 0.05) is 30.4 Å². The van der Waals surface area contributed by atoms with Crippen LogP contribution >= 0.6 is 0 Å². The maximum Gasteiger partial charge on any atom is 0.229 e. The van der Waals surface area contributed by atoms with Crippen molar-refractivity contribution in [3.8, 4) is 11.3 Å². The van der Waals surface area contributed by atoms with E-state index in [0.29, 0.717) is 5.95 Å². The average Bonchev–Trinajstić information content (AvgIpc) is 2.69. The molecule has 0 bridgehead atoms. The van der Waals surface area contributed by atoms with Gasteiger partial charge in [0.1, 0.15) is 5.82 Å². The number of aryl methyl sites for hydroxylation is 1. The molecule has 3 aromatic rings. The van der Waals surface area contributed by atoms with Crippen molar-refractivity contribution in [3.63, 3.8) is 0 Å². The van der Waals surface area contributed by atoms with Crippen LogP contribution in [0.5, 0.6) is 0 Å². The first kappa shape index (κ1) is 18.9. The maximum absolute atomic E-state index is 4.74. The number of nitrogens with one attached hydrogen (secondary N) is 2. The Morgan fingerprint density at radius 3 is 2.41 bits per heavy atom. The summed E-state index contributed by atoms with van der Waals surface area (Å²) in [6, 6.07) is 20.5. The van der Waals surface area contributed by atoms with Crippen LogP contribution in [-0.2, 0) is 6.42 Å². The van der Waals surface area contributed by atoms with Crippen LogP contribution in [-0.4, -0.2) is 42.1 Å². The molecule has 2 aromatic carbocycles. The highest BCUT2D eigenvalue weighted by Crippen LogP contribution is 2.24. The number of anilines is 3. The molecule has 5 heteroatoms. The molecule has 0 spiro atoms. The molecular weight excluding hydrogens is 334 g/mol. The Morgan fingerprint density at radius 1 is 0.926 bits per heavy atom. The number of hydrogen-bond donors (Lipinski definition) is 2. The normalized spacial score (nSPS) is 10.8. The lowest BCUT2D eigenvalue weighted by atomic mass is 10.1. The fourth-order valence-electron chi connectivity index (χ4n) is 2.83. The van der Waals surface area contributed by atoms with Gasteiger partial charge >= 0.3 is 0 Å². The Labute approximate surface area is 161 Å². The summed E-state index contributed by atoms with van der Waals surface area (Å²) in [7, 11) is 4.12. The van der Waals surface area contributed by atoms with Crippen molar-refractivity contribution in [1.82, 2.24) is 14.9 Å². The number of benzene rings is 2. The SMILES string of the molecule is CCc1ccccc1Nc1nc(NCCN(C)C)cc(-c2ccccc2)n1. The monoisotopic (exact) mass is 361 g/mol. The molecule has 140 valence electrons. The van der Waals surface area contributed by atoms with Crippen molar-refractivity contribution in [2.45, 2.75) is 13.3 Å². The molecule has 3 rings (SSSR count). The predicted octanol–water partition coefficient (Wildman–Crippen LogP) is 4.42. The zero-order valence-corrected chi connectivity index (χ0v) is 16.2. The fraction of sp³-hybridized carbons (Fsp3) is 0.273. The van der Waals surface area contributed by atoms with E-state index in [2.05, 4.69) is 71.9 Å². The van der Waals surface area contributed by atoms with Crippen LogP contribution in [0.3, 0.4) is 0 Å². The van der Waals surface area contributed by atoms with Gasteiger partial charge in [-0.3, -0.25) is 0 Å². The molecule has 0 aliphatic rings. The second-order valence-corrected chi connectivity index (χ2v) is 6.69. The Balaban J connectivity index is 1.91. The van der Waals surface area contributed by atoms with E-state index in [1.165, 1.54) is 5.56 Å². The van der Waals surface area contributed by atoms with E-state index in [1.54, 1.807) is 0 Å². The van der Waals surface area contributed by atoms with E-state index in [0.717, 1.165) is 42.3 Å². The highest BCUT2D eigenvalue weighted by atomic mass is 15.2. The van der Waals surface area contributed by atoms with Gasteiger partial charge in [0.15, 0.2) is 0 Å². The van der Waals surface area contributed by atoms with Gasteiger partial charge in [-0.15, -0.1) is 0 Å². The molecule has 27 heavy (non-hydrogen) atoms. The smallest absolute Gasteiger partial charge is 0.229 e. The maximum atomic E-state index is 4.74. The second kappa shape index (κ2) is 9.14. The number of rotatable bonds is 8. The van der Waals surface area contributed by atoms with Gasteiger partial charge in [0.25, 0.3) is 0 Å². The molecule has 0 radical (unpaired) electrons. The minimum Gasteiger partial charge on any atom is -0.369 e. The van der Waals surface area contributed by atoms with Crippen molar-refractivity contribution < 1.29 is 0 Å². The van der Waals surface area contributed by atoms with Crippen molar-refractivity contribution >= 4 is 17.5 Å². The fourth-order valence-corrected chi connectivity index (χ4v) is 2.83. The summed E-state index contributed by atoms with van der Waals surface area (Å²) in [6.45, 7) is 3.91. The average molecular weight is 361 g/mol. The van der Waals surface area contributed by atoms with Gasteiger partial charge in [-0.2, -0.15) is 4.98 Å². The Bertz CT molecular complexity index is 862. The lowest BCUT2D eigenvalue weighted by Gasteiger charge is -2.14. The summed E-state index contributed by atoms with van der Waals surface area (Å²) in [5.74, 6) is 1.42. The Morgan fingerprint density at radius 2 is 1.67 bits per heavy atom. The summed E-state index contributed by atoms with van der Waals surface area (Å²) in [6.07, 6.45) is 0.954. The molecule has 5 nitrogen and oxygen atoms in total. The molecule has 1 heterocycles. The van der Waals surface area contributed by atoms with Crippen LogP contribution in [0.4, 0.5) is 17.5 Å². The predicted molar refractivity (Wildman–Crippen MR) is 114 cm³/mol. The number of likely N-dealkylation sites (N-methyl/N-ethyl adjacent to an activating group) is 1. The molecule has 1 aromatic heterocycles. The molecule has 2 N–H and O–H groups in total. The van der Waals surface area contributed by atoms with Crippen LogP contribution in [0.25, 0.3) is 11.3 Å². The van der Waals surface area contributed by atoms with Crippen molar-refractivity contribution in [2.24, 2.45) is 0 Å². The van der Waals surface area contributed by atoms with E-state index in [1.807, 2.05) is 30.3 Å². The lowest BCUT2D eigenvalue weighted by Crippen LogP contribution is -2.21. The second-order valence-electron chi connectivity index (χ2n) is 6.69. The van der Waals surface area contributed by atoms with E-state index < -0.39 is 0 Å². The van der Waals surface area contributed by atoms with Gasteiger partial charge in [-0.25, -0.2) is 4.98 Å². The van der Waals surface area contributed by atoms with Gasteiger partial charge < -0.3 is 15.5 Å². The summed E-state index contributed by atoms with van der Waals surface area (Å²) in [5.41, 5.74) is 4.26. The Hall–Kier alpha value is -2.92. The van der Waals surface area contributed by atoms with Crippen LogP contribution in [0.15, 0.2) is 60.7 Å². The highest BCUT2D eigenvalue weighted by molar-refractivity contribution is 5.67. The van der Waals surface area contributed by atoms with E-state index in [4.69, 9.17) is 4.98 Å². The van der Waals surface area contributed by atoms with Gasteiger partial charge in [0.05, 0.1) is 5.69 Å². The standard InChI is InChI=1S/C22H27N5/c1-4-17-10-8-9-13-19(17)24-22-25-20(18-11-6-5-7-12-18)16-21(26-22)23-14-15-27(2)3/h5-13,16H,4,14-15H2,1-3H3,(H2,23,24,25,26). The lowest BCUT2D eigenvalue weighted by molar-refractivity contribution is 0.425. The van der Waals surface area contributed by atoms with Crippen LogP contribution in [0.2, 0.25) is 0 Å². The number of aromatic nitrogens is 2. The van der Waals surface area contributed by atoms with Gasteiger partial charge in [-0.1, -0.05) is 55.5 Å². The molecule has 0 atom stereocenters. The first-order chi connectivity index (χ1) is 13.2. The first-order valence-corrected chi connectivity index (χ1v) is 9.33. The summed E-state index contributed by atoms with van der Waals surface area (Å²) in [4.78, 5) is 11.6. The summed E-state index contributed by atoms with van der Waals surface area (Å²) < 4.78 is 0. The van der Waals surface area contributed by atoms with Crippen molar-refractivity contribution in [1.29, 1.82) is 0 Å². The molecule has 0 saturated carbocycles. The van der Waals surface area contributed by atoms with E-state index in [-0.39, 0.29) is 0 Å². The number of para-hydroxylation sites is 1. The van der Waals surface area contributed by atoms with Gasteiger partial charge in [-0.05, 0) is 32.1 Å². The Kier molecular flexibility index (Phi) is 6.39.